The summed E-state index contributed by atoms with van der Waals surface area (Å²) in [5.41, 5.74) is 0.0352. The van der Waals surface area contributed by atoms with Crippen LogP contribution in [-0.2, 0) is 4.79 Å². The fraction of sp³-hybridized carbons (Fsp3) is 0.833. The molecule has 1 saturated heterocycles. The fourth-order valence-corrected chi connectivity index (χ4v) is 2.85. The molecule has 0 N–H and O–H groups in total. The third-order valence-electron chi connectivity index (χ3n) is 4.69. The summed E-state index contributed by atoms with van der Waals surface area (Å²) >= 11 is 0. The van der Waals surface area contributed by atoms with Crippen LogP contribution in [0.15, 0.2) is 10.2 Å². The van der Waals surface area contributed by atoms with Gasteiger partial charge in [0.1, 0.15) is 0 Å². The molecule has 2 rings (SSSR count). The number of nitrogens with zero attached hydrogens (tertiary/aromatic N) is 4. The summed E-state index contributed by atoms with van der Waals surface area (Å²) in [7, 11) is 0. The maximum atomic E-state index is 12.4. The van der Waals surface area contributed by atoms with Crippen molar-refractivity contribution in [2.45, 2.75) is 58.5 Å². The zero-order valence-electron chi connectivity index (χ0n) is 14.8. The van der Waals surface area contributed by atoms with Crippen LogP contribution in [0, 0.1) is 17.8 Å². The molecular weight excluding hydrogens is 288 g/mol. The molecule has 0 saturated carbocycles. The number of amides is 1. The summed E-state index contributed by atoms with van der Waals surface area (Å²) in [6, 6.07) is 0. The minimum atomic E-state index is -0.337. The molecule has 5 nitrogen and oxygen atoms in total. The number of terminal acetylenes is 1. The van der Waals surface area contributed by atoms with Crippen molar-refractivity contribution in [2.75, 3.05) is 32.7 Å². The summed E-state index contributed by atoms with van der Waals surface area (Å²) in [5, 5.41) is 8.20. The van der Waals surface area contributed by atoms with Crippen molar-refractivity contribution in [2.24, 2.45) is 15.6 Å². The van der Waals surface area contributed by atoms with E-state index in [1.165, 1.54) is 6.42 Å². The second kappa shape index (κ2) is 7.44. The average molecular weight is 318 g/mol. The van der Waals surface area contributed by atoms with Gasteiger partial charge < -0.3 is 4.90 Å². The van der Waals surface area contributed by atoms with Gasteiger partial charge in [-0.05, 0) is 18.4 Å². The van der Waals surface area contributed by atoms with E-state index in [1.54, 1.807) is 0 Å². The molecule has 128 valence electrons. The van der Waals surface area contributed by atoms with E-state index in [-0.39, 0.29) is 11.6 Å². The van der Waals surface area contributed by atoms with Gasteiger partial charge >= 0.3 is 0 Å². The molecule has 0 radical (unpaired) electrons. The molecule has 2 heterocycles. The topological polar surface area (TPSA) is 48.3 Å². The first kappa shape index (κ1) is 17.9. The second-order valence-electron chi connectivity index (χ2n) is 7.92. The van der Waals surface area contributed by atoms with Crippen LogP contribution in [0.1, 0.15) is 52.9 Å². The van der Waals surface area contributed by atoms with Crippen LogP contribution < -0.4 is 0 Å². The van der Waals surface area contributed by atoms with E-state index < -0.39 is 0 Å². The Hall–Kier alpha value is -1.41. The predicted molar refractivity (Wildman–Crippen MR) is 92.0 cm³/mol. The lowest BCUT2D eigenvalue weighted by Gasteiger charge is -2.36. The van der Waals surface area contributed by atoms with Crippen molar-refractivity contribution in [3.63, 3.8) is 0 Å². The molecule has 0 atom stereocenters. The normalized spacial score (nSPS) is 20.3. The molecule has 1 fully saturated rings. The maximum absolute atomic E-state index is 12.4. The lowest BCUT2D eigenvalue weighted by atomic mass is 9.92. The van der Waals surface area contributed by atoms with Gasteiger partial charge in [-0.3, -0.25) is 9.69 Å². The molecule has 0 aromatic heterocycles. The first-order valence-corrected chi connectivity index (χ1v) is 8.71. The maximum Gasteiger partial charge on any atom is 0.222 e. The van der Waals surface area contributed by atoms with Crippen LogP contribution in [0.3, 0.4) is 0 Å². The summed E-state index contributed by atoms with van der Waals surface area (Å²) in [6.07, 6.45) is 9.17. The van der Waals surface area contributed by atoms with E-state index in [9.17, 15) is 4.79 Å². The van der Waals surface area contributed by atoms with Crippen LogP contribution in [-0.4, -0.2) is 54.1 Å². The Kier molecular flexibility index (Phi) is 5.80. The van der Waals surface area contributed by atoms with Crippen LogP contribution >= 0.6 is 0 Å². The zero-order chi connectivity index (χ0) is 16.9. The van der Waals surface area contributed by atoms with Gasteiger partial charge in [-0.1, -0.05) is 20.8 Å². The van der Waals surface area contributed by atoms with Gasteiger partial charge in [-0.25, -0.2) is 0 Å². The number of rotatable bonds is 7. The molecule has 0 unspecified atom stereocenters. The minimum absolute atomic E-state index is 0.234. The average Bonchev–Trinajstić information content (AvgIpc) is 3.29. The van der Waals surface area contributed by atoms with Crippen molar-refractivity contribution in [3.05, 3.63) is 0 Å². The first-order chi connectivity index (χ1) is 10.8. The lowest BCUT2D eigenvalue weighted by Crippen LogP contribution is -2.49. The molecule has 0 aromatic rings. The Morgan fingerprint density at radius 1 is 1.17 bits per heavy atom. The monoisotopic (exact) mass is 318 g/mol. The quantitative estimate of drug-likeness (QED) is 0.678. The van der Waals surface area contributed by atoms with Gasteiger partial charge in [0.25, 0.3) is 0 Å². The van der Waals surface area contributed by atoms with Crippen LogP contribution in [0.4, 0.5) is 0 Å². The van der Waals surface area contributed by atoms with Gasteiger partial charge in [0.05, 0.1) is 0 Å². The molecule has 1 amide bonds. The van der Waals surface area contributed by atoms with E-state index >= 15 is 0 Å². The molecule has 0 aliphatic carbocycles. The van der Waals surface area contributed by atoms with Crippen molar-refractivity contribution in [1.29, 1.82) is 0 Å². The molecule has 5 heteroatoms. The molecular formula is C18H30N4O. The molecule has 23 heavy (non-hydrogen) atoms. The SMILES string of the molecule is C#CCCC1(CCC(=O)N2CCN(CCC(C)(C)C)CC2)N=N1. The molecule has 0 bridgehead atoms. The Balaban J connectivity index is 1.65. The van der Waals surface area contributed by atoms with E-state index in [2.05, 4.69) is 41.8 Å². The Bertz CT molecular complexity index is 472. The summed E-state index contributed by atoms with van der Waals surface area (Å²) in [6.45, 7) is 11.6. The minimum Gasteiger partial charge on any atom is -0.340 e. The highest BCUT2D eigenvalue weighted by atomic mass is 16.2. The van der Waals surface area contributed by atoms with Gasteiger partial charge in [0, 0.05) is 51.9 Å². The largest absolute Gasteiger partial charge is 0.340 e. The Morgan fingerprint density at radius 3 is 2.35 bits per heavy atom. The van der Waals surface area contributed by atoms with Gasteiger partial charge in [0.2, 0.25) is 5.91 Å². The summed E-state index contributed by atoms with van der Waals surface area (Å²) < 4.78 is 0. The summed E-state index contributed by atoms with van der Waals surface area (Å²) in [4.78, 5) is 16.8. The van der Waals surface area contributed by atoms with Gasteiger partial charge in [-0.2, -0.15) is 10.2 Å². The van der Waals surface area contributed by atoms with Crippen LogP contribution in [0.2, 0.25) is 0 Å². The molecule has 0 spiro atoms. The third-order valence-corrected chi connectivity index (χ3v) is 4.69. The van der Waals surface area contributed by atoms with Crippen molar-refractivity contribution < 1.29 is 4.79 Å². The van der Waals surface area contributed by atoms with Crippen molar-refractivity contribution >= 4 is 5.91 Å². The Morgan fingerprint density at radius 2 is 1.83 bits per heavy atom. The first-order valence-electron chi connectivity index (χ1n) is 8.71. The molecule has 2 aliphatic heterocycles. The van der Waals surface area contributed by atoms with E-state index in [0.29, 0.717) is 24.7 Å². The highest BCUT2D eigenvalue weighted by Gasteiger charge is 2.39. The second-order valence-corrected chi connectivity index (χ2v) is 7.92. The lowest BCUT2D eigenvalue weighted by molar-refractivity contribution is -0.133. The summed E-state index contributed by atoms with van der Waals surface area (Å²) in [5.74, 6) is 2.86. The van der Waals surface area contributed by atoms with Gasteiger partial charge in [-0.15, -0.1) is 12.3 Å². The number of hydrogen-bond acceptors (Lipinski definition) is 4. The number of carbonyl (C=O) groups is 1. The number of carbonyl (C=O) groups excluding carboxylic acids is 1. The van der Waals surface area contributed by atoms with E-state index in [0.717, 1.165) is 39.1 Å². The smallest absolute Gasteiger partial charge is 0.222 e. The number of hydrogen-bond donors (Lipinski definition) is 0. The highest BCUT2D eigenvalue weighted by Crippen LogP contribution is 2.37. The predicted octanol–water partition coefficient (Wildman–Crippen LogP) is 2.92. The standard InChI is InChI=1S/C18H30N4O/c1-5-6-8-18(19-20-18)9-7-16(23)22-14-12-21(13-15-22)11-10-17(2,3)4/h1H,6-15H2,2-4H3. The van der Waals surface area contributed by atoms with Gasteiger partial charge in [0.15, 0.2) is 5.66 Å². The van der Waals surface area contributed by atoms with Crippen molar-refractivity contribution in [3.8, 4) is 12.3 Å². The van der Waals surface area contributed by atoms with Crippen LogP contribution in [0.25, 0.3) is 0 Å². The van der Waals surface area contributed by atoms with Crippen LogP contribution in [0.5, 0.6) is 0 Å². The van der Waals surface area contributed by atoms with E-state index in [4.69, 9.17) is 6.42 Å². The van der Waals surface area contributed by atoms with Crippen molar-refractivity contribution in [1.82, 2.24) is 9.80 Å². The zero-order valence-corrected chi connectivity index (χ0v) is 14.8. The number of piperazine rings is 1. The highest BCUT2D eigenvalue weighted by molar-refractivity contribution is 5.76. The molecule has 2 aliphatic rings. The third kappa shape index (κ3) is 5.95. The molecule has 0 aromatic carbocycles. The Labute approximate surface area is 140 Å². The fourth-order valence-electron chi connectivity index (χ4n) is 2.85. The van der Waals surface area contributed by atoms with E-state index in [1.807, 2.05) is 4.90 Å².